The van der Waals surface area contributed by atoms with E-state index in [1.807, 2.05) is 12.3 Å². The number of nitrogens with one attached hydrogen (secondary N) is 1. The molecule has 0 fully saturated rings. The average Bonchev–Trinajstić information content (AvgIpc) is 2.60. The van der Waals surface area contributed by atoms with Crippen LogP contribution in [0.1, 0.15) is 23.5 Å². The molecule has 0 aliphatic carbocycles. The van der Waals surface area contributed by atoms with Crippen molar-refractivity contribution in [3.8, 4) is 0 Å². The first-order chi connectivity index (χ1) is 7.22. The van der Waals surface area contributed by atoms with Gasteiger partial charge in [-0.3, -0.25) is 4.79 Å². The number of thiazole rings is 1. The molecule has 0 aliphatic heterocycles. The van der Waals surface area contributed by atoms with E-state index in [-0.39, 0.29) is 5.91 Å². The Bertz CT molecular complexity index is 311. The summed E-state index contributed by atoms with van der Waals surface area (Å²) in [6, 6.07) is 0. The third-order valence-corrected chi connectivity index (χ3v) is 2.95. The summed E-state index contributed by atoms with van der Waals surface area (Å²) in [5, 5.41) is 6.00. The molecule has 4 nitrogen and oxygen atoms in total. The number of aromatic nitrogens is 1. The largest absolute Gasteiger partial charge is 0.356 e. The minimum atomic E-state index is 0.0350. The number of nitrogens with two attached hydrogens (primary N) is 1. The smallest absolute Gasteiger partial charge is 0.221 e. The molecule has 0 unspecified atom stereocenters. The Morgan fingerprint density at radius 1 is 1.67 bits per heavy atom. The van der Waals surface area contributed by atoms with Gasteiger partial charge in [0, 0.05) is 37.0 Å². The fourth-order valence-corrected chi connectivity index (χ4v) is 2.02. The first-order valence-corrected chi connectivity index (χ1v) is 5.98. The molecule has 15 heavy (non-hydrogen) atoms. The van der Waals surface area contributed by atoms with Crippen LogP contribution in [0.3, 0.4) is 0 Å². The van der Waals surface area contributed by atoms with Gasteiger partial charge in [0.15, 0.2) is 0 Å². The summed E-state index contributed by atoms with van der Waals surface area (Å²) in [6.07, 6.45) is 2.28. The SMILES string of the molecule is Cc1csc(CCCNC(=O)CCN)n1. The van der Waals surface area contributed by atoms with E-state index >= 15 is 0 Å². The molecule has 5 heteroatoms. The number of hydrogen-bond donors (Lipinski definition) is 2. The molecular weight excluding hydrogens is 210 g/mol. The molecule has 1 amide bonds. The molecule has 0 saturated carbocycles. The molecule has 84 valence electrons. The van der Waals surface area contributed by atoms with Crippen LogP contribution in [0.15, 0.2) is 5.38 Å². The molecule has 0 aromatic carbocycles. The molecule has 0 atom stereocenters. The normalized spacial score (nSPS) is 10.3. The minimum Gasteiger partial charge on any atom is -0.356 e. The third kappa shape index (κ3) is 4.90. The van der Waals surface area contributed by atoms with Gasteiger partial charge in [0.1, 0.15) is 0 Å². The number of aryl methyl sites for hydroxylation is 2. The van der Waals surface area contributed by atoms with Gasteiger partial charge in [-0.15, -0.1) is 11.3 Å². The maximum absolute atomic E-state index is 11.1. The van der Waals surface area contributed by atoms with Crippen LogP contribution in [0, 0.1) is 6.92 Å². The van der Waals surface area contributed by atoms with Gasteiger partial charge in [0.25, 0.3) is 0 Å². The average molecular weight is 227 g/mol. The van der Waals surface area contributed by atoms with Crippen LogP contribution in [-0.2, 0) is 11.2 Å². The van der Waals surface area contributed by atoms with Crippen LogP contribution in [0.4, 0.5) is 0 Å². The Balaban J connectivity index is 2.09. The van der Waals surface area contributed by atoms with E-state index in [9.17, 15) is 4.79 Å². The molecule has 0 radical (unpaired) electrons. The molecule has 0 bridgehead atoms. The fourth-order valence-electron chi connectivity index (χ4n) is 1.20. The zero-order chi connectivity index (χ0) is 11.1. The highest BCUT2D eigenvalue weighted by molar-refractivity contribution is 7.09. The second-order valence-electron chi connectivity index (χ2n) is 3.37. The summed E-state index contributed by atoms with van der Waals surface area (Å²) in [6.45, 7) is 3.11. The van der Waals surface area contributed by atoms with E-state index in [1.54, 1.807) is 11.3 Å². The van der Waals surface area contributed by atoms with Crippen molar-refractivity contribution in [1.29, 1.82) is 0 Å². The van der Waals surface area contributed by atoms with Crippen molar-refractivity contribution in [2.45, 2.75) is 26.2 Å². The molecular formula is C10H17N3OS. The monoisotopic (exact) mass is 227 g/mol. The van der Waals surface area contributed by atoms with E-state index in [4.69, 9.17) is 5.73 Å². The summed E-state index contributed by atoms with van der Waals surface area (Å²) >= 11 is 1.67. The molecule has 1 aromatic heterocycles. The second-order valence-corrected chi connectivity index (χ2v) is 4.32. The predicted octanol–water partition coefficient (Wildman–Crippen LogP) is 0.849. The van der Waals surface area contributed by atoms with Crippen LogP contribution in [0.2, 0.25) is 0 Å². The zero-order valence-corrected chi connectivity index (χ0v) is 9.77. The molecule has 1 rings (SSSR count). The molecule has 1 heterocycles. The van der Waals surface area contributed by atoms with Crippen molar-refractivity contribution in [2.75, 3.05) is 13.1 Å². The fraction of sp³-hybridized carbons (Fsp3) is 0.600. The number of carbonyl (C=O) groups excluding carboxylic acids is 1. The quantitative estimate of drug-likeness (QED) is 0.708. The summed E-state index contributed by atoms with van der Waals surface area (Å²) < 4.78 is 0. The Labute approximate surface area is 93.9 Å². The van der Waals surface area contributed by atoms with Gasteiger partial charge in [-0.05, 0) is 13.3 Å². The lowest BCUT2D eigenvalue weighted by Gasteiger charge is -2.02. The Morgan fingerprint density at radius 3 is 3.07 bits per heavy atom. The maximum Gasteiger partial charge on any atom is 0.221 e. The highest BCUT2D eigenvalue weighted by atomic mass is 32.1. The van der Waals surface area contributed by atoms with Crippen molar-refractivity contribution in [1.82, 2.24) is 10.3 Å². The van der Waals surface area contributed by atoms with Crippen molar-refractivity contribution in [2.24, 2.45) is 5.73 Å². The number of hydrogen-bond acceptors (Lipinski definition) is 4. The predicted molar refractivity (Wildman–Crippen MR) is 61.9 cm³/mol. The highest BCUT2D eigenvalue weighted by Crippen LogP contribution is 2.10. The summed E-state index contributed by atoms with van der Waals surface area (Å²) in [5.74, 6) is 0.0350. The zero-order valence-electron chi connectivity index (χ0n) is 8.95. The van der Waals surface area contributed by atoms with Crippen molar-refractivity contribution >= 4 is 17.2 Å². The topological polar surface area (TPSA) is 68.0 Å². The van der Waals surface area contributed by atoms with Crippen LogP contribution in [-0.4, -0.2) is 24.0 Å². The Kier molecular flexibility index (Phi) is 5.28. The number of carbonyl (C=O) groups is 1. The van der Waals surface area contributed by atoms with Crippen molar-refractivity contribution < 1.29 is 4.79 Å². The van der Waals surface area contributed by atoms with Gasteiger partial charge in [-0.25, -0.2) is 4.98 Å². The number of amides is 1. The van der Waals surface area contributed by atoms with Crippen LogP contribution >= 0.6 is 11.3 Å². The summed E-state index contributed by atoms with van der Waals surface area (Å²) in [5.41, 5.74) is 6.33. The van der Waals surface area contributed by atoms with E-state index < -0.39 is 0 Å². The molecule has 0 spiro atoms. The van der Waals surface area contributed by atoms with E-state index in [0.29, 0.717) is 19.5 Å². The van der Waals surface area contributed by atoms with Gasteiger partial charge in [0.2, 0.25) is 5.91 Å². The van der Waals surface area contributed by atoms with Gasteiger partial charge in [-0.1, -0.05) is 0 Å². The van der Waals surface area contributed by atoms with Gasteiger partial charge in [-0.2, -0.15) is 0 Å². The molecule has 0 saturated heterocycles. The van der Waals surface area contributed by atoms with E-state index in [1.165, 1.54) is 0 Å². The Morgan fingerprint density at radius 2 is 2.47 bits per heavy atom. The third-order valence-electron chi connectivity index (χ3n) is 1.93. The van der Waals surface area contributed by atoms with E-state index in [2.05, 4.69) is 10.3 Å². The Hall–Kier alpha value is -0.940. The molecule has 1 aromatic rings. The second kappa shape index (κ2) is 6.53. The standard InChI is InChI=1S/C10H17N3OS/c1-8-7-15-10(13-8)3-2-6-12-9(14)4-5-11/h7H,2-6,11H2,1H3,(H,12,14). The van der Waals surface area contributed by atoms with Crippen molar-refractivity contribution in [3.63, 3.8) is 0 Å². The lowest BCUT2D eigenvalue weighted by molar-refractivity contribution is -0.120. The lowest BCUT2D eigenvalue weighted by Crippen LogP contribution is -2.26. The lowest BCUT2D eigenvalue weighted by atomic mass is 10.3. The minimum absolute atomic E-state index is 0.0350. The number of nitrogens with zero attached hydrogens (tertiary/aromatic N) is 1. The highest BCUT2D eigenvalue weighted by Gasteiger charge is 2.00. The van der Waals surface area contributed by atoms with Crippen LogP contribution in [0.5, 0.6) is 0 Å². The summed E-state index contributed by atoms with van der Waals surface area (Å²) in [4.78, 5) is 15.4. The van der Waals surface area contributed by atoms with E-state index in [0.717, 1.165) is 23.5 Å². The van der Waals surface area contributed by atoms with Gasteiger partial charge in [0.05, 0.1) is 5.01 Å². The molecule has 3 N–H and O–H groups in total. The first kappa shape index (κ1) is 12.1. The first-order valence-electron chi connectivity index (χ1n) is 5.10. The molecule has 0 aliphatic rings. The van der Waals surface area contributed by atoms with Gasteiger partial charge < -0.3 is 11.1 Å². The van der Waals surface area contributed by atoms with Crippen LogP contribution < -0.4 is 11.1 Å². The van der Waals surface area contributed by atoms with Gasteiger partial charge >= 0.3 is 0 Å². The number of rotatable bonds is 6. The van der Waals surface area contributed by atoms with Crippen molar-refractivity contribution in [3.05, 3.63) is 16.1 Å². The summed E-state index contributed by atoms with van der Waals surface area (Å²) in [7, 11) is 0. The maximum atomic E-state index is 11.1. The van der Waals surface area contributed by atoms with Crippen LogP contribution in [0.25, 0.3) is 0 Å².